The number of ether oxygens (including phenoxy) is 1. The summed E-state index contributed by atoms with van der Waals surface area (Å²) in [4.78, 5) is 11.7. The second kappa shape index (κ2) is 7.70. The van der Waals surface area contributed by atoms with Crippen LogP contribution in [0, 0.1) is 0 Å². The van der Waals surface area contributed by atoms with E-state index in [9.17, 15) is 9.90 Å². The quantitative estimate of drug-likeness (QED) is 0.673. The minimum absolute atomic E-state index is 0. The summed E-state index contributed by atoms with van der Waals surface area (Å²) in [5.74, 6) is 0.545. The highest BCUT2D eigenvalue weighted by Crippen LogP contribution is 2.27. The molecule has 1 heterocycles. The summed E-state index contributed by atoms with van der Waals surface area (Å²) in [5.41, 5.74) is -0.306. The van der Waals surface area contributed by atoms with Gasteiger partial charge in [-0.25, -0.2) is 4.79 Å². The van der Waals surface area contributed by atoms with Crippen LogP contribution >= 0.6 is 24.0 Å². The Morgan fingerprint density at radius 3 is 2.90 bits per heavy atom. The van der Waals surface area contributed by atoms with Gasteiger partial charge >= 0.3 is 6.03 Å². The molecule has 4 N–H and O–H groups in total. The van der Waals surface area contributed by atoms with Crippen molar-refractivity contribution in [3.63, 3.8) is 0 Å². The van der Waals surface area contributed by atoms with Crippen LogP contribution in [0.3, 0.4) is 0 Å². The molecular weight excluding hydrogens is 317 g/mol. The molecule has 0 spiro atoms. The number of halogens is 2. The predicted octanol–water partition coefficient (Wildman–Crippen LogP) is 1.62. The number of methoxy groups -OCH3 is 1. The van der Waals surface area contributed by atoms with Crippen molar-refractivity contribution in [3.8, 4) is 5.75 Å². The molecule has 1 aromatic rings. The topological polar surface area (TPSA) is 82.6 Å². The Balaban J connectivity index is 0.00000220. The number of benzene rings is 1. The Bertz CT molecular complexity index is 494. The van der Waals surface area contributed by atoms with E-state index in [0.717, 1.165) is 6.54 Å². The molecule has 0 bridgehead atoms. The molecule has 0 radical (unpaired) electrons. The van der Waals surface area contributed by atoms with Gasteiger partial charge in [-0.15, -0.1) is 12.4 Å². The van der Waals surface area contributed by atoms with Crippen LogP contribution in [0.15, 0.2) is 18.2 Å². The van der Waals surface area contributed by atoms with Gasteiger partial charge in [-0.05, 0) is 31.2 Å². The van der Waals surface area contributed by atoms with Crippen LogP contribution in [-0.2, 0) is 0 Å². The second-order valence-corrected chi connectivity index (χ2v) is 5.22. The van der Waals surface area contributed by atoms with Gasteiger partial charge < -0.3 is 25.8 Å². The maximum atomic E-state index is 11.7. The highest BCUT2D eigenvalue weighted by Gasteiger charge is 2.31. The lowest BCUT2D eigenvalue weighted by Gasteiger charge is -2.21. The number of carbonyl (C=O) groups excluding carboxylic acids is 1. The third-order valence-corrected chi connectivity index (χ3v) is 3.50. The lowest BCUT2D eigenvalue weighted by molar-refractivity contribution is 0.0640. The minimum Gasteiger partial charge on any atom is -0.495 e. The zero-order chi connectivity index (χ0) is 14.6. The third kappa shape index (κ3) is 4.93. The molecule has 0 aliphatic carbocycles. The number of amides is 2. The van der Waals surface area contributed by atoms with Crippen LogP contribution in [0.4, 0.5) is 10.5 Å². The van der Waals surface area contributed by atoms with Crippen LogP contribution in [0.25, 0.3) is 0 Å². The van der Waals surface area contributed by atoms with Gasteiger partial charge in [0.2, 0.25) is 0 Å². The summed E-state index contributed by atoms with van der Waals surface area (Å²) >= 11 is 5.97. The van der Waals surface area contributed by atoms with Crippen molar-refractivity contribution in [3.05, 3.63) is 23.2 Å². The van der Waals surface area contributed by atoms with Crippen LogP contribution in [-0.4, -0.2) is 43.5 Å². The van der Waals surface area contributed by atoms with Crippen molar-refractivity contribution in [1.29, 1.82) is 0 Å². The lowest BCUT2D eigenvalue weighted by Crippen LogP contribution is -2.45. The van der Waals surface area contributed by atoms with Crippen LogP contribution < -0.4 is 20.7 Å². The molecule has 1 aliphatic rings. The van der Waals surface area contributed by atoms with E-state index in [2.05, 4.69) is 16.0 Å². The maximum Gasteiger partial charge on any atom is 0.319 e. The molecule has 1 fully saturated rings. The summed E-state index contributed by atoms with van der Waals surface area (Å²) in [7, 11) is 1.53. The molecule has 0 aromatic heterocycles. The van der Waals surface area contributed by atoms with E-state index in [1.807, 2.05) is 0 Å². The van der Waals surface area contributed by atoms with Crippen molar-refractivity contribution < 1.29 is 14.6 Å². The summed E-state index contributed by atoms with van der Waals surface area (Å²) in [5, 5.41) is 18.9. The Labute approximate surface area is 134 Å². The molecule has 21 heavy (non-hydrogen) atoms. The molecule has 1 unspecified atom stereocenters. The Morgan fingerprint density at radius 1 is 1.57 bits per heavy atom. The van der Waals surface area contributed by atoms with Gasteiger partial charge in [0, 0.05) is 18.8 Å². The third-order valence-electron chi connectivity index (χ3n) is 3.21. The van der Waals surface area contributed by atoms with Gasteiger partial charge in [0.25, 0.3) is 0 Å². The van der Waals surface area contributed by atoms with Crippen LogP contribution in [0.5, 0.6) is 5.75 Å². The van der Waals surface area contributed by atoms with Crippen molar-refractivity contribution in [2.75, 3.05) is 32.1 Å². The fraction of sp³-hybridized carbons (Fsp3) is 0.462. The molecule has 1 aromatic carbocycles. The number of hydrogen-bond acceptors (Lipinski definition) is 4. The van der Waals surface area contributed by atoms with Crippen LogP contribution in [0.2, 0.25) is 5.02 Å². The number of aliphatic hydroxyl groups is 1. The Hall–Kier alpha value is -1.21. The average molecular weight is 336 g/mol. The molecule has 1 saturated heterocycles. The largest absolute Gasteiger partial charge is 0.495 e. The first kappa shape index (κ1) is 17.8. The van der Waals surface area contributed by atoms with Gasteiger partial charge in [0.1, 0.15) is 5.75 Å². The summed E-state index contributed by atoms with van der Waals surface area (Å²) in [6, 6.07) is 4.58. The van der Waals surface area contributed by atoms with Crippen LogP contribution in [0.1, 0.15) is 6.42 Å². The number of rotatable bonds is 4. The molecule has 6 nitrogen and oxygen atoms in total. The van der Waals surface area contributed by atoms with E-state index in [-0.39, 0.29) is 25.0 Å². The number of nitrogens with one attached hydrogen (secondary N) is 3. The first-order valence-corrected chi connectivity index (χ1v) is 6.72. The van der Waals surface area contributed by atoms with Gasteiger partial charge in [-0.1, -0.05) is 11.6 Å². The first-order chi connectivity index (χ1) is 9.52. The highest BCUT2D eigenvalue weighted by molar-refractivity contribution is 6.32. The smallest absolute Gasteiger partial charge is 0.319 e. The molecular formula is C13H19Cl2N3O3. The Morgan fingerprint density at radius 2 is 2.33 bits per heavy atom. The van der Waals surface area contributed by atoms with Crippen molar-refractivity contribution in [1.82, 2.24) is 10.6 Å². The van der Waals surface area contributed by atoms with E-state index in [4.69, 9.17) is 16.3 Å². The van der Waals surface area contributed by atoms with E-state index < -0.39 is 5.60 Å². The van der Waals surface area contributed by atoms with E-state index in [0.29, 0.717) is 29.4 Å². The van der Waals surface area contributed by atoms with Gasteiger partial charge in [-0.3, -0.25) is 0 Å². The predicted molar refractivity (Wildman–Crippen MR) is 84.7 cm³/mol. The number of β-amino-alcohol motifs (C(OH)–C–C–N with tert-alkyl or cyclic N) is 1. The fourth-order valence-corrected chi connectivity index (χ4v) is 2.30. The van der Waals surface area contributed by atoms with Crippen molar-refractivity contribution in [2.45, 2.75) is 12.0 Å². The molecule has 2 amide bonds. The molecule has 1 atom stereocenters. The molecule has 8 heteroatoms. The molecule has 1 aliphatic heterocycles. The number of anilines is 1. The summed E-state index contributed by atoms with van der Waals surface area (Å²) in [6.45, 7) is 1.45. The van der Waals surface area contributed by atoms with E-state index >= 15 is 0 Å². The number of urea groups is 1. The van der Waals surface area contributed by atoms with E-state index in [1.54, 1.807) is 18.2 Å². The van der Waals surface area contributed by atoms with Crippen molar-refractivity contribution >= 4 is 35.7 Å². The summed E-state index contributed by atoms with van der Waals surface area (Å²) < 4.78 is 5.03. The zero-order valence-corrected chi connectivity index (χ0v) is 13.2. The first-order valence-electron chi connectivity index (χ1n) is 6.34. The monoisotopic (exact) mass is 335 g/mol. The van der Waals surface area contributed by atoms with E-state index in [1.165, 1.54) is 7.11 Å². The SMILES string of the molecule is COc1ccc(NC(=O)NCC2(O)CCNC2)cc1Cl.Cl. The standard InChI is InChI=1S/C13H18ClN3O3.ClH/c1-20-11-3-2-9(6-10(11)14)17-12(18)16-8-13(19)4-5-15-7-13;/h2-3,6,15,19H,4-5,7-8H2,1H3,(H2,16,17,18);1H. The van der Waals surface area contributed by atoms with Gasteiger partial charge in [0.05, 0.1) is 17.7 Å². The Kier molecular flexibility index (Phi) is 6.54. The van der Waals surface area contributed by atoms with Gasteiger partial charge in [0.15, 0.2) is 0 Å². The summed E-state index contributed by atoms with van der Waals surface area (Å²) in [6.07, 6.45) is 0.627. The zero-order valence-electron chi connectivity index (χ0n) is 11.6. The molecule has 0 saturated carbocycles. The van der Waals surface area contributed by atoms with Gasteiger partial charge in [-0.2, -0.15) is 0 Å². The minimum atomic E-state index is -0.866. The van der Waals surface area contributed by atoms with Crippen molar-refractivity contribution in [2.24, 2.45) is 0 Å². The fourth-order valence-electron chi connectivity index (χ4n) is 2.05. The second-order valence-electron chi connectivity index (χ2n) is 4.81. The average Bonchev–Trinajstić information content (AvgIpc) is 2.84. The lowest BCUT2D eigenvalue weighted by atomic mass is 10.0. The highest BCUT2D eigenvalue weighted by atomic mass is 35.5. The number of hydrogen-bond donors (Lipinski definition) is 4. The molecule has 2 rings (SSSR count). The number of carbonyl (C=O) groups is 1. The normalized spacial score (nSPS) is 20.5. The molecule has 118 valence electrons. The maximum absolute atomic E-state index is 11.7.